The van der Waals surface area contributed by atoms with Crippen LogP contribution in [-0.2, 0) is 9.59 Å². The van der Waals surface area contributed by atoms with Gasteiger partial charge in [-0.25, -0.2) is 0 Å². The molecule has 0 saturated carbocycles. The number of hydrogen-bond acceptors (Lipinski definition) is 4. The molecular weight excluding hydrogens is 240 g/mol. The van der Waals surface area contributed by atoms with Gasteiger partial charge in [0.05, 0.1) is 11.8 Å². The first-order valence-corrected chi connectivity index (χ1v) is 6.53. The SMILES string of the molecule is CC(C)[C@@H](N)C(=O)NCC(C)(C)SCC(=O)O. The van der Waals surface area contributed by atoms with Crippen LogP contribution < -0.4 is 11.1 Å². The maximum absolute atomic E-state index is 11.6. The Morgan fingerprint density at radius 1 is 1.41 bits per heavy atom. The number of amides is 1. The Hall–Kier alpha value is -0.750. The van der Waals surface area contributed by atoms with Crippen molar-refractivity contribution in [2.24, 2.45) is 11.7 Å². The average Bonchev–Trinajstić information content (AvgIpc) is 2.22. The third-order valence-electron chi connectivity index (χ3n) is 2.30. The summed E-state index contributed by atoms with van der Waals surface area (Å²) in [5.41, 5.74) is 5.70. The van der Waals surface area contributed by atoms with E-state index in [2.05, 4.69) is 5.32 Å². The minimum atomic E-state index is -0.853. The van der Waals surface area contributed by atoms with Gasteiger partial charge in [-0.3, -0.25) is 9.59 Å². The molecule has 0 fully saturated rings. The van der Waals surface area contributed by atoms with E-state index in [1.807, 2.05) is 27.7 Å². The molecule has 0 aromatic carbocycles. The first kappa shape index (κ1) is 16.2. The maximum Gasteiger partial charge on any atom is 0.313 e. The number of carboxylic acids is 1. The van der Waals surface area contributed by atoms with Crippen LogP contribution in [0.1, 0.15) is 27.7 Å². The molecule has 0 unspecified atom stereocenters. The molecule has 1 atom stereocenters. The Balaban J connectivity index is 4.08. The second-order valence-electron chi connectivity index (χ2n) is 4.93. The smallest absolute Gasteiger partial charge is 0.313 e. The molecule has 100 valence electrons. The van der Waals surface area contributed by atoms with Crippen LogP contribution in [0.15, 0.2) is 0 Å². The molecule has 17 heavy (non-hydrogen) atoms. The Bertz CT molecular complexity index is 280. The van der Waals surface area contributed by atoms with E-state index in [9.17, 15) is 9.59 Å². The zero-order chi connectivity index (χ0) is 13.6. The summed E-state index contributed by atoms with van der Waals surface area (Å²) < 4.78 is -0.315. The van der Waals surface area contributed by atoms with Crippen LogP contribution in [0.4, 0.5) is 0 Å². The van der Waals surface area contributed by atoms with Crippen molar-refractivity contribution in [3.8, 4) is 0 Å². The summed E-state index contributed by atoms with van der Waals surface area (Å²) in [6.07, 6.45) is 0. The molecule has 0 spiro atoms. The van der Waals surface area contributed by atoms with Gasteiger partial charge >= 0.3 is 5.97 Å². The van der Waals surface area contributed by atoms with E-state index in [1.54, 1.807) is 0 Å². The van der Waals surface area contributed by atoms with Gasteiger partial charge in [0.2, 0.25) is 5.91 Å². The van der Waals surface area contributed by atoms with Gasteiger partial charge in [0.1, 0.15) is 0 Å². The standard InChI is InChI=1S/C11H22N2O3S/c1-7(2)9(12)10(16)13-6-11(3,4)17-5-8(14)15/h7,9H,5-6,12H2,1-4H3,(H,13,16)(H,14,15)/t9-/m1/s1. The van der Waals surface area contributed by atoms with Crippen LogP contribution in [0, 0.1) is 5.92 Å². The number of carbonyl (C=O) groups excluding carboxylic acids is 1. The van der Waals surface area contributed by atoms with Crippen molar-refractivity contribution >= 4 is 23.6 Å². The molecule has 0 bridgehead atoms. The average molecular weight is 262 g/mol. The molecule has 6 heteroatoms. The lowest BCUT2D eigenvalue weighted by Gasteiger charge is -2.25. The van der Waals surface area contributed by atoms with Crippen LogP contribution in [0.3, 0.4) is 0 Å². The lowest BCUT2D eigenvalue weighted by atomic mass is 10.0. The molecule has 0 heterocycles. The van der Waals surface area contributed by atoms with Gasteiger partial charge in [-0.2, -0.15) is 0 Å². The summed E-state index contributed by atoms with van der Waals surface area (Å²) in [7, 11) is 0. The Kier molecular flexibility index (Phi) is 6.56. The largest absolute Gasteiger partial charge is 0.481 e. The van der Waals surface area contributed by atoms with E-state index in [0.29, 0.717) is 6.54 Å². The van der Waals surface area contributed by atoms with Crippen molar-refractivity contribution in [2.75, 3.05) is 12.3 Å². The number of carbonyl (C=O) groups is 2. The van der Waals surface area contributed by atoms with Crippen molar-refractivity contribution in [2.45, 2.75) is 38.5 Å². The fourth-order valence-electron chi connectivity index (χ4n) is 1.03. The quantitative estimate of drug-likeness (QED) is 0.627. The normalized spacial score (nSPS) is 13.5. The molecule has 5 nitrogen and oxygen atoms in total. The minimum Gasteiger partial charge on any atom is -0.481 e. The second kappa shape index (κ2) is 6.86. The Labute approximate surface area is 107 Å². The molecule has 1 amide bonds. The third-order valence-corrected chi connectivity index (χ3v) is 3.61. The van der Waals surface area contributed by atoms with Crippen molar-refractivity contribution in [1.29, 1.82) is 0 Å². The van der Waals surface area contributed by atoms with Gasteiger partial charge in [-0.15, -0.1) is 11.8 Å². The zero-order valence-corrected chi connectivity index (χ0v) is 11.6. The molecule has 0 rings (SSSR count). The Morgan fingerprint density at radius 3 is 2.35 bits per heavy atom. The molecule has 0 aromatic heterocycles. The molecule has 0 aliphatic carbocycles. The number of aliphatic carboxylic acids is 1. The third kappa shape index (κ3) is 7.23. The number of carboxylic acid groups (broad SMARTS) is 1. The molecule has 0 radical (unpaired) electrons. The first-order chi connectivity index (χ1) is 7.65. The maximum atomic E-state index is 11.6. The zero-order valence-electron chi connectivity index (χ0n) is 10.8. The number of rotatable bonds is 7. The number of nitrogens with two attached hydrogens (primary N) is 1. The highest BCUT2D eigenvalue weighted by Crippen LogP contribution is 2.23. The number of hydrogen-bond donors (Lipinski definition) is 3. The van der Waals surface area contributed by atoms with Gasteiger partial charge in [0.15, 0.2) is 0 Å². The second-order valence-corrected chi connectivity index (χ2v) is 6.61. The number of nitrogens with one attached hydrogen (secondary N) is 1. The van der Waals surface area contributed by atoms with E-state index in [0.717, 1.165) is 0 Å². The highest BCUT2D eigenvalue weighted by Gasteiger charge is 2.23. The fraction of sp³-hybridized carbons (Fsp3) is 0.818. The summed E-state index contributed by atoms with van der Waals surface area (Å²) in [6, 6.07) is -0.518. The van der Waals surface area contributed by atoms with Crippen LogP contribution in [0.2, 0.25) is 0 Å². The van der Waals surface area contributed by atoms with E-state index >= 15 is 0 Å². The topological polar surface area (TPSA) is 92.4 Å². The van der Waals surface area contributed by atoms with Gasteiger partial charge in [-0.05, 0) is 19.8 Å². The number of thioether (sulfide) groups is 1. The van der Waals surface area contributed by atoms with Gasteiger partial charge in [0, 0.05) is 11.3 Å². The van der Waals surface area contributed by atoms with Gasteiger partial charge < -0.3 is 16.2 Å². The van der Waals surface area contributed by atoms with Gasteiger partial charge in [0.25, 0.3) is 0 Å². The van der Waals surface area contributed by atoms with Crippen molar-refractivity contribution in [3.63, 3.8) is 0 Å². The summed E-state index contributed by atoms with van der Waals surface area (Å²) in [5, 5.41) is 11.3. The highest BCUT2D eigenvalue weighted by atomic mass is 32.2. The van der Waals surface area contributed by atoms with E-state index in [-0.39, 0.29) is 22.3 Å². The monoisotopic (exact) mass is 262 g/mol. The van der Waals surface area contributed by atoms with Crippen molar-refractivity contribution in [1.82, 2.24) is 5.32 Å². The van der Waals surface area contributed by atoms with Crippen molar-refractivity contribution in [3.05, 3.63) is 0 Å². The van der Waals surface area contributed by atoms with Crippen molar-refractivity contribution < 1.29 is 14.7 Å². The highest BCUT2D eigenvalue weighted by molar-refractivity contribution is 8.01. The van der Waals surface area contributed by atoms with E-state index in [1.165, 1.54) is 11.8 Å². The molecule has 4 N–H and O–H groups in total. The minimum absolute atomic E-state index is 0.0269. The molecular formula is C11H22N2O3S. The van der Waals surface area contributed by atoms with E-state index in [4.69, 9.17) is 10.8 Å². The predicted octanol–water partition coefficient (Wildman–Crippen LogP) is 0.682. The molecule has 0 aromatic rings. The fourth-order valence-corrected chi connectivity index (χ4v) is 1.72. The molecule has 0 saturated heterocycles. The van der Waals surface area contributed by atoms with E-state index < -0.39 is 12.0 Å². The molecule has 0 aliphatic rings. The molecule has 0 aliphatic heterocycles. The van der Waals surface area contributed by atoms with Crippen LogP contribution >= 0.6 is 11.8 Å². The van der Waals surface area contributed by atoms with Gasteiger partial charge in [-0.1, -0.05) is 13.8 Å². The lowest BCUT2D eigenvalue weighted by molar-refractivity contribution is -0.134. The predicted molar refractivity (Wildman–Crippen MR) is 70.0 cm³/mol. The summed E-state index contributed by atoms with van der Waals surface area (Å²) >= 11 is 1.29. The summed E-state index contributed by atoms with van der Waals surface area (Å²) in [4.78, 5) is 22.1. The Morgan fingerprint density at radius 2 is 1.94 bits per heavy atom. The van der Waals surface area contributed by atoms with Crippen LogP contribution in [0.5, 0.6) is 0 Å². The lowest BCUT2D eigenvalue weighted by Crippen LogP contribution is -2.47. The van der Waals surface area contributed by atoms with Crippen LogP contribution in [-0.4, -0.2) is 40.1 Å². The summed E-state index contributed by atoms with van der Waals surface area (Å²) in [6.45, 7) is 7.96. The first-order valence-electron chi connectivity index (χ1n) is 5.55. The summed E-state index contributed by atoms with van der Waals surface area (Å²) in [5.74, 6) is -0.930. The van der Waals surface area contributed by atoms with Crippen LogP contribution in [0.25, 0.3) is 0 Å².